The summed E-state index contributed by atoms with van der Waals surface area (Å²) in [5.74, 6) is 0.371. The molecule has 0 radical (unpaired) electrons. The minimum atomic E-state index is -0.433. The number of nitrogens with zero attached hydrogens (tertiary/aromatic N) is 2. The highest BCUT2D eigenvalue weighted by atomic mass is 32.2. The van der Waals surface area contributed by atoms with Crippen molar-refractivity contribution in [3.63, 3.8) is 0 Å². The van der Waals surface area contributed by atoms with Crippen LogP contribution in [0.1, 0.15) is 43.4 Å². The standard InChI is InChI=1S/C17H20N4O2S3/c22-13(18-11-5-6-11)10-25-16-21-20-15(26-16)19-14(23)17(7-1-2-8-17)12-4-3-9-24-12/h3-4,9,11H,1-2,5-8,10H2,(H,18,22)(H,19,20,23). The van der Waals surface area contributed by atoms with Crippen LogP contribution in [-0.4, -0.2) is 33.8 Å². The van der Waals surface area contributed by atoms with Gasteiger partial charge in [-0.3, -0.25) is 14.9 Å². The first-order valence-electron chi connectivity index (χ1n) is 8.77. The van der Waals surface area contributed by atoms with Crippen LogP contribution < -0.4 is 10.6 Å². The molecule has 2 aliphatic rings. The molecule has 0 atom stereocenters. The summed E-state index contributed by atoms with van der Waals surface area (Å²) in [6, 6.07) is 4.42. The number of aromatic nitrogens is 2. The molecule has 0 saturated heterocycles. The molecule has 0 aromatic carbocycles. The molecule has 0 unspecified atom stereocenters. The largest absolute Gasteiger partial charge is 0.353 e. The minimum absolute atomic E-state index is 0.0108. The first-order valence-corrected chi connectivity index (χ1v) is 11.4. The number of rotatable bonds is 7. The smallest absolute Gasteiger partial charge is 0.237 e. The van der Waals surface area contributed by atoms with Crippen LogP contribution in [0.2, 0.25) is 0 Å². The Kier molecular flexibility index (Phi) is 5.28. The van der Waals surface area contributed by atoms with E-state index in [1.807, 2.05) is 11.4 Å². The van der Waals surface area contributed by atoms with E-state index >= 15 is 0 Å². The summed E-state index contributed by atoms with van der Waals surface area (Å²) in [6.07, 6.45) is 6.05. The quantitative estimate of drug-likeness (QED) is 0.542. The lowest BCUT2D eigenvalue weighted by Crippen LogP contribution is -2.37. The van der Waals surface area contributed by atoms with E-state index in [0.717, 1.165) is 43.4 Å². The van der Waals surface area contributed by atoms with Crippen LogP contribution >= 0.6 is 34.4 Å². The van der Waals surface area contributed by atoms with E-state index in [1.54, 1.807) is 11.3 Å². The van der Waals surface area contributed by atoms with E-state index < -0.39 is 5.41 Å². The van der Waals surface area contributed by atoms with Crippen molar-refractivity contribution in [3.8, 4) is 0 Å². The van der Waals surface area contributed by atoms with Crippen molar-refractivity contribution < 1.29 is 9.59 Å². The van der Waals surface area contributed by atoms with E-state index in [-0.39, 0.29) is 11.8 Å². The number of anilines is 1. The van der Waals surface area contributed by atoms with Gasteiger partial charge in [0.2, 0.25) is 16.9 Å². The van der Waals surface area contributed by atoms with Crippen molar-refractivity contribution >= 4 is 51.4 Å². The second-order valence-corrected chi connectivity index (χ2v) is 9.87. The van der Waals surface area contributed by atoms with Gasteiger partial charge in [-0.1, -0.05) is 42.0 Å². The third-order valence-corrected chi connectivity index (χ3v) is 7.83. The van der Waals surface area contributed by atoms with Gasteiger partial charge in [0.05, 0.1) is 11.2 Å². The van der Waals surface area contributed by atoms with E-state index in [9.17, 15) is 9.59 Å². The maximum Gasteiger partial charge on any atom is 0.237 e. The van der Waals surface area contributed by atoms with E-state index in [4.69, 9.17) is 0 Å². The van der Waals surface area contributed by atoms with Gasteiger partial charge in [0.15, 0.2) is 4.34 Å². The molecule has 138 valence electrons. The van der Waals surface area contributed by atoms with Gasteiger partial charge in [-0.05, 0) is 37.1 Å². The Bertz CT molecular complexity index is 780. The average Bonchev–Trinajstić information content (AvgIpc) is 3.08. The van der Waals surface area contributed by atoms with Gasteiger partial charge in [0.1, 0.15) is 0 Å². The lowest BCUT2D eigenvalue weighted by molar-refractivity contribution is -0.121. The molecule has 0 spiro atoms. The summed E-state index contributed by atoms with van der Waals surface area (Å²) >= 11 is 4.33. The molecule has 2 aliphatic carbocycles. The van der Waals surface area contributed by atoms with Gasteiger partial charge in [-0.2, -0.15) is 0 Å². The number of thioether (sulfide) groups is 1. The van der Waals surface area contributed by atoms with Crippen LogP contribution in [0.15, 0.2) is 21.9 Å². The zero-order valence-corrected chi connectivity index (χ0v) is 16.6. The lowest BCUT2D eigenvalue weighted by Gasteiger charge is -2.25. The molecular formula is C17H20N4O2S3. The monoisotopic (exact) mass is 408 g/mol. The number of thiophene rings is 1. The fraction of sp³-hybridized carbons (Fsp3) is 0.529. The zero-order valence-electron chi connectivity index (χ0n) is 14.2. The highest BCUT2D eigenvalue weighted by Crippen LogP contribution is 2.44. The predicted molar refractivity (Wildman–Crippen MR) is 105 cm³/mol. The maximum atomic E-state index is 13.0. The highest BCUT2D eigenvalue weighted by molar-refractivity contribution is 8.01. The Morgan fingerprint density at radius 1 is 1.27 bits per heavy atom. The molecule has 26 heavy (non-hydrogen) atoms. The Balaban J connectivity index is 1.37. The number of nitrogens with one attached hydrogen (secondary N) is 2. The second kappa shape index (κ2) is 7.66. The second-order valence-electron chi connectivity index (χ2n) is 6.72. The van der Waals surface area contributed by atoms with Gasteiger partial charge in [-0.25, -0.2) is 0 Å². The molecule has 0 aliphatic heterocycles. The number of hydrogen-bond acceptors (Lipinski definition) is 7. The predicted octanol–water partition coefficient (Wildman–Crippen LogP) is 3.42. The molecule has 2 N–H and O–H groups in total. The van der Waals surface area contributed by atoms with Crippen molar-refractivity contribution in [1.82, 2.24) is 15.5 Å². The molecule has 2 aromatic rings. The van der Waals surface area contributed by atoms with Crippen molar-refractivity contribution in [2.75, 3.05) is 11.1 Å². The third kappa shape index (κ3) is 3.94. The van der Waals surface area contributed by atoms with Crippen LogP contribution in [0.5, 0.6) is 0 Å². The number of amides is 2. The van der Waals surface area contributed by atoms with E-state index in [1.165, 1.54) is 23.1 Å². The Morgan fingerprint density at radius 2 is 2.08 bits per heavy atom. The van der Waals surface area contributed by atoms with Gasteiger partial charge < -0.3 is 5.32 Å². The SMILES string of the molecule is O=C(CSc1nnc(NC(=O)C2(c3cccs3)CCCC2)s1)NC1CC1. The Hall–Kier alpha value is -1.45. The molecule has 4 rings (SSSR count). The van der Waals surface area contributed by atoms with Gasteiger partial charge in [0, 0.05) is 10.9 Å². The summed E-state index contributed by atoms with van der Waals surface area (Å²) in [4.78, 5) is 25.9. The summed E-state index contributed by atoms with van der Waals surface area (Å²) in [5.41, 5.74) is -0.433. The van der Waals surface area contributed by atoms with E-state index in [2.05, 4.69) is 26.9 Å². The summed E-state index contributed by atoms with van der Waals surface area (Å²) in [6.45, 7) is 0. The summed E-state index contributed by atoms with van der Waals surface area (Å²) < 4.78 is 0.697. The summed E-state index contributed by atoms with van der Waals surface area (Å²) in [5, 5.41) is 16.6. The van der Waals surface area contributed by atoms with Gasteiger partial charge in [0.25, 0.3) is 0 Å². The van der Waals surface area contributed by atoms with Crippen LogP contribution in [0.3, 0.4) is 0 Å². The normalized spacial score (nSPS) is 18.6. The molecule has 2 saturated carbocycles. The minimum Gasteiger partial charge on any atom is -0.353 e. The first-order chi connectivity index (χ1) is 12.7. The van der Waals surface area contributed by atoms with Crippen molar-refractivity contribution in [3.05, 3.63) is 22.4 Å². The van der Waals surface area contributed by atoms with Crippen LogP contribution in [0, 0.1) is 0 Å². The first kappa shape index (κ1) is 17.9. The molecule has 2 fully saturated rings. The zero-order chi connectivity index (χ0) is 18.0. The Labute approximate surface area is 164 Å². The highest BCUT2D eigenvalue weighted by Gasteiger charge is 2.43. The molecular weight excluding hydrogens is 388 g/mol. The van der Waals surface area contributed by atoms with Crippen LogP contribution in [-0.2, 0) is 15.0 Å². The molecule has 0 bridgehead atoms. The number of carbonyl (C=O) groups excluding carboxylic acids is 2. The fourth-order valence-electron chi connectivity index (χ4n) is 3.27. The van der Waals surface area contributed by atoms with Crippen molar-refractivity contribution in [1.29, 1.82) is 0 Å². The fourth-order valence-corrected chi connectivity index (χ4v) is 5.82. The molecule has 2 amide bonds. The number of carbonyl (C=O) groups is 2. The third-order valence-electron chi connectivity index (χ3n) is 4.78. The number of hydrogen-bond donors (Lipinski definition) is 2. The van der Waals surface area contributed by atoms with Crippen molar-refractivity contribution in [2.24, 2.45) is 0 Å². The lowest BCUT2D eigenvalue weighted by atomic mass is 9.83. The molecule has 6 nitrogen and oxygen atoms in total. The average molecular weight is 409 g/mol. The molecule has 2 heterocycles. The van der Waals surface area contributed by atoms with Gasteiger partial charge >= 0.3 is 0 Å². The van der Waals surface area contributed by atoms with Crippen molar-refractivity contribution in [2.45, 2.75) is 54.3 Å². The topological polar surface area (TPSA) is 84.0 Å². The maximum absolute atomic E-state index is 13.0. The van der Waals surface area contributed by atoms with Crippen LogP contribution in [0.25, 0.3) is 0 Å². The van der Waals surface area contributed by atoms with Crippen LogP contribution in [0.4, 0.5) is 5.13 Å². The Morgan fingerprint density at radius 3 is 2.77 bits per heavy atom. The van der Waals surface area contributed by atoms with Gasteiger partial charge in [-0.15, -0.1) is 21.5 Å². The molecule has 9 heteroatoms. The molecule has 2 aromatic heterocycles. The van der Waals surface area contributed by atoms with E-state index in [0.29, 0.717) is 21.3 Å². The summed E-state index contributed by atoms with van der Waals surface area (Å²) in [7, 11) is 0.